The summed E-state index contributed by atoms with van der Waals surface area (Å²) in [6.07, 6.45) is 7.11. The van der Waals surface area contributed by atoms with Crippen LogP contribution in [0.15, 0.2) is 36.0 Å². The van der Waals surface area contributed by atoms with Crippen molar-refractivity contribution in [3.63, 3.8) is 0 Å². The van der Waals surface area contributed by atoms with Crippen molar-refractivity contribution in [2.45, 2.75) is 44.7 Å². The number of nitriles is 1. The van der Waals surface area contributed by atoms with Crippen LogP contribution < -0.4 is 10.1 Å². The first-order valence-corrected chi connectivity index (χ1v) is 8.39. The minimum Gasteiger partial charge on any atom is -0.497 e. The molecule has 0 radical (unpaired) electrons. The summed E-state index contributed by atoms with van der Waals surface area (Å²) in [5.41, 5.74) is 1.17. The molecule has 5 nitrogen and oxygen atoms in total. The molecular formula is C19H25N3O2. The first kappa shape index (κ1) is 17.9. The minimum atomic E-state index is -0.206. The summed E-state index contributed by atoms with van der Waals surface area (Å²) in [6.45, 7) is 0.531. The maximum Gasteiger partial charge on any atom is 0.265 e. The van der Waals surface area contributed by atoms with E-state index in [2.05, 4.69) is 5.32 Å². The molecule has 1 fully saturated rings. The van der Waals surface area contributed by atoms with Crippen molar-refractivity contribution in [2.24, 2.45) is 0 Å². The highest BCUT2D eigenvalue weighted by atomic mass is 16.5. The monoisotopic (exact) mass is 327 g/mol. The van der Waals surface area contributed by atoms with Gasteiger partial charge >= 0.3 is 0 Å². The Balaban J connectivity index is 1.95. The lowest BCUT2D eigenvalue weighted by molar-refractivity contribution is -0.128. The normalized spacial score (nSPS) is 15.5. The van der Waals surface area contributed by atoms with Gasteiger partial charge in [0.05, 0.1) is 7.11 Å². The van der Waals surface area contributed by atoms with Crippen LogP contribution in [0.3, 0.4) is 0 Å². The van der Waals surface area contributed by atoms with Gasteiger partial charge in [-0.3, -0.25) is 4.79 Å². The van der Waals surface area contributed by atoms with E-state index in [0.29, 0.717) is 6.54 Å². The summed E-state index contributed by atoms with van der Waals surface area (Å²) in [5, 5.41) is 12.4. The molecule has 1 amide bonds. The Morgan fingerprint density at radius 2 is 2.17 bits per heavy atom. The van der Waals surface area contributed by atoms with Crippen molar-refractivity contribution >= 4 is 5.91 Å². The second-order valence-electron chi connectivity index (χ2n) is 6.11. The molecule has 0 bridgehead atoms. The Hall–Kier alpha value is -2.48. The molecule has 1 aromatic rings. The van der Waals surface area contributed by atoms with Gasteiger partial charge in [-0.25, -0.2) is 0 Å². The number of ether oxygens (including phenoxy) is 1. The molecular weight excluding hydrogens is 302 g/mol. The van der Waals surface area contributed by atoms with E-state index >= 15 is 0 Å². The standard InChI is InChI=1S/C19H25N3O2/c1-22(17-8-4-3-5-9-17)19(23)16(12-20)14-21-13-15-7-6-10-18(11-15)24-2/h6-7,10-11,14,17,21H,3-5,8-9,13H2,1-2H3/b16-14-. The summed E-state index contributed by atoms with van der Waals surface area (Å²) in [6, 6.07) is 9.94. The lowest BCUT2D eigenvalue weighted by Crippen LogP contribution is -2.39. The zero-order chi connectivity index (χ0) is 17.4. The molecule has 1 N–H and O–H groups in total. The topological polar surface area (TPSA) is 65.4 Å². The Morgan fingerprint density at radius 3 is 2.83 bits per heavy atom. The number of rotatable bonds is 6. The van der Waals surface area contributed by atoms with Gasteiger partial charge in [0.25, 0.3) is 5.91 Å². The number of carbonyl (C=O) groups is 1. The van der Waals surface area contributed by atoms with E-state index in [4.69, 9.17) is 4.74 Å². The Morgan fingerprint density at radius 1 is 1.42 bits per heavy atom. The summed E-state index contributed by atoms with van der Waals surface area (Å²) < 4.78 is 5.18. The molecule has 1 saturated carbocycles. The van der Waals surface area contributed by atoms with Gasteiger partial charge in [-0.15, -0.1) is 0 Å². The van der Waals surface area contributed by atoms with Crippen molar-refractivity contribution in [3.8, 4) is 11.8 Å². The Kier molecular flexibility index (Phi) is 6.68. The molecule has 0 aliphatic heterocycles. The lowest BCUT2D eigenvalue weighted by atomic mass is 9.94. The third kappa shape index (κ3) is 4.76. The van der Waals surface area contributed by atoms with Crippen molar-refractivity contribution in [3.05, 3.63) is 41.6 Å². The summed E-state index contributed by atoms with van der Waals surface area (Å²) in [5.74, 6) is 0.578. The molecule has 24 heavy (non-hydrogen) atoms. The first-order chi connectivity index (χ1) is 11.7. The quantitative estimate of drug-likeness (QED) is 0.644. The van der Waals surface area contributed by atoms with E-state index in [1.54, 1.807) is 19.1 Å². The van der Waals surface area contributed by atoms with Crippen LogP contribution in [0.2, 0.25) is 0 Å². The van der Waals surface area contributed by atoms with Crippen molar-refractivity contribution in [2.75, 3.05) is 14.2 Å². The first-order valence-electron chi connectivity index (χ1n) is 8.39. The molecule has 128 valence electrons. The summed E-state index contributed by atoms with van der Waals surface area (Å²) in [7, 11) is 3.42. The molecule has 1 aliphatic carbocycles. The molecule has 1 aromatic carbocycles. The van der Waals surface area contributed by atoms with Crippen molar-refractivity contribution in [1.29, 1.82) is 5.26 Å². The maximum absolute atomic E-state index is 12.5. The molecule has 0 heterocycles. The number of nitrogens with one attached hydrogen (secondary N) is 1. The summed E-state index contributed by atoms with van der Waals surface area (Å²) in [4.78, 5) is 14.2. The third-order valence-electron chi connectivity index (χ3n) is 4.48. The number of hydrogen-bond acceptors (Lipinski definition) is 4. The van der Waals surface area contributed by atoms with Gasteiger partial charge in [-0.05, 0) is 30.5 Å². The van der Waals surface area contributed by atoms with Crippen LogP contribution in [-0.2, 0) is 11.3 Å². The highest BCUT2D eigenvalue weighted by Crippen LogP contribution is 2.22. The maximum atomic E-state index is 12.5. The van der Waals surface area contributed by atoms with Crippen LogP contribution in [0.25, 0.3) is 0 Å². The van der Waals surface area contributed by atoms with Gasteiger partial charge in [0.15, 0.2) is 0 Å². The van der Waals surface area contributed by atoms with Gasteiger partial charge < -0.3 is 15.0 Å². The molecule has 0 atom stereocenters. The second-order valence-corrected chi connectivity index (χ2v) is 6.11. The average Bonchev–Trinajstić information content (AvgIpc) is 2.65. The molecule has 0 saturated heterocycles. The smallest absolute Gasteiger partial charge is 0.265 e. The van der Waals surface area contributed by atoms with Gasteiger partial charge in [0.2, 0.25) is 0 Å². The number of likely N-dealkylation sites (N-methyl/N-ethyl adjacent to an activating group) is 1. The molecule has 0 unspecified atom stereocenters. The van der Waals surface area contributed by atoms with E-state index in [-0.39, 0.29) is 17.5 Å². The zero-order valence-electron chi connectivity index (χ0n) is 14.4. The fraction of sp³-hybridized carbons (Fsp3) is 0.474. The van der Waals surface area contributed by atoms with Crippen molar-refractivity contribution in [1.82, 2.24) is 10.2 Å². The molecule has 0 aromatic heterocycles. The number of amides is 1. The van der Waals surface area contributed by atoms with Crippen LogP contribution in [0.5, 0.6) is 5.75 Å². The Bertz CT molecular complexity index is 628. The number of nitrogens with zero attached hydrogens (tertiary/aromatic N) is 2. The van der Waals surface area contributed by atoms with Crippen LogP contribution >= 0.6 is 0 Å². The van der Waals surface area contributed by atoms with E-state index in [1.807, 2.05) is 30.3 Å². The average molecular weight is 327 g/mol. The summed E-state index contributed by atoms with van der Waals surface area (Å²) >= 11 is 0. The second kappa shape index (κ2) is 8.97. The molecule has 5 heteroatoms. The highest BCUT2D eigenvalue weighted by molar-refractivity contribution is 5.97. The highest BCUT2D eigenvalue weighted by Gasteiger charge is 2.24. The van der Waals surface area contributed by atoms with E-state index in [1.165, 1.54) is 12.6 Å². The fourth-order valence-corrected chi connectivity index (χ4v) is 3.02. The van der Waals surface area contributed by atoms with Crippen LogP contribution in [0.4, 0.5) is 0 Å². The minimum absolute atomic E-state index is 0.144. The molecule has 1 aliphatic rings. The van der Waals surface area contributed by atoms with Crippen LogP contribution in [0, 0.1) is 11.3 Å². The van der Waals surface area contributed by atoms with Crippen LogP contribution in [0.1, 0.15) is 37.7 Å². The number of methoxy groups -OCH3 is 1. The van der Waals surface area contributed by atoms with Crippen LogP contribution in [-0.4, -0.2) is 31.0 Å². The van der Waals surface area contributed by atoms with Gasteiger partial charge in [0, 0.05) is 25.8 Å². The number of hydrogen-bond donors (Lipinski definition) is 1. The SMILES string of the molecule is COc1cccc(CN/C=C(/C#N)C(=O)N(C)C2CCCCC2)c1. The predicted molar refractivity (Wildman–Crippen MR) is 93.2 cm³/mol. The largest absolute Gasteiger partial charge is 0.497 e. The zero-order valence-corrected chi connectivity index (χ0v) is 14.4. The molecule has 0 spiro atoms. The lowest BCUT2D eigenvalue weighted by Gasteiger charge is -2.31. The fourth-order valence-electron chi connectivity index (χ4n) is 3.02. The number of carbonyl (C=O) groups excluding carboxylic acids is 1. The Labute approximate surface area is 143 Å². The van der Waals surface area contributed by atoms with E-state index in [0.717, 1.165) is 37.0 Å². The van der Waals surface area contributed by atoms with Gasteiger partial charge in [-0.1, -0.05) is 31.4 Å². The van der Waals surface area contributed by atoms with Gasteiger partial charge in [0.1, 0.15) is 17.4 Å². The van der Waals surface area contributed by atoms with E-state index in [9.17, 15) is 10.1 Å². The van der Waals surface area contributed by atoms with E-state index < -0.39 is 0 Å². The van der Waals surface area contributed by atoms with Crippen molar-refractivity contribution < 1.29 is 9.53 Å². The van der Waals surface area contributed by atoms with Gasteiger partial charge in [-0.2, -0.15) is 5.26 Å². The molecule has 2 rings (SSSR count). The predicted octanol–water partition coefficient (Wildman–Crippen LogP) is 2.98. The number of benzene rings is 1. The third-order valence-corrected chi connectivity index (χ3v) is 4.48.